The van der Waals surface area contributed by atoms with Gasteiger partial charge in [-0.3, -0.25) is 0 Å². The van der Waals surface area contributed by atoms with E-state index < -0.39 is 0 Å². The van der Waals surface area contributed by atoms with Gasteiger partial charge in [0, 0.05) is 6.07 Å². The number of rotatable bonds is 0. The number of pyridine rings is 2. The fourth-order valence-electron chi connectivity index (χ4n) is 0.926. The summed E-state index contributed by atoms with van der Waals surface area (Å²) in [5.41, 5.74) is 10.6. The highest BCUT2D eigenvalue weighted by Gasteiger charge is 1.91. The molecule has 5 nitrogen and oxygen atoms in total. The lowest BCUT2D eigenvalue weighted by Crippen LogP contribution is -1.87. The zero-order valence-corrected chi connectivity index (χ0v) is 10.4. The highest BCUT2D eigenvalue weighted by molar-refractivity contribution is 9.10. The maximum atomic E-state index is 6.55. The molecule has 17 heavy (non-hydrogen) atoms. The summed E-state index contributed by atoms with van der Waals surface area (Å²) in [5.74, 6) is 1.28. The highest BCUT2D eigenvalue weighted by Crippen LogP contribution is 2.08. The van der Waals surface area contributed by atoms with Crippen LogP contribution in [0.5, 0.6) is 0 Å². The van der Waals surface area contributed by atoms with Gasteiger partial charge in [-0.05, 0) is 34.1 Å². The van der Waals surface area contributed by atoms with Gasteiger partial charge in [-0.2, -0.15) is 0 Å². The van der Waals surface area contributed by atoms with Crippen LogP contribution in [0.2, 0.25) is 0 Å². The van der Waals surface area contributed by atoms with Crippen molar-refractivity contribution in [1.29, 1.82) is 0 Å². The van der Waals surface area contributed by atoms with Crippen LogP contribution in [0.1, 0.15) is 0 Å². The first-order chi connectivity index (χ1) is 8.11. The molecule has 4 N–H and O–H groups in total. The molecule has 0 unspecified atom stereocenters. The minimum Gasteiger partial charge on any atom is -0.384 e. The van der Waals surface area contributed by atoms with Crippen molar-refractivity contribution in [1.82, 2.24) is 9.97 Å². The second-order valence-electron chi connectivity index (χ2n) is 2.92. The molecule has 2 heterocycles. The van der Waals surface area contributed by atoms with Crippen LogP contribution in [0.3, 0.4) is 0 Å². The van der Waals surface area contributed by atoms with Crippen molar-refractivity contribution >= 4 is 33.4 Å². The van der Waals surface area contributed by atoms with E-state index in [0.29, 0.717) is 17.5 Å². The van der Waals surface area contributed by atoms with Crippen molar-refractivity contribution in [3.8, 4) is 0 Å². The summed E-state index contributed by atoms with van der Waals surface area (Å²) in [6.07, 6.45) is 0. The Bertz CT molecular complexity index is 518. The lowest BCUT2D eigenvalue weighted by molar-refractivity contribution is 1.29. The first-order valence-electron chi connectivity index (χ1n) is 4.60. The number of hydrogen-bond donors (Lipinski definition) is 2. The maximum absolute atomic E-state index is 6.55. The van der Waals surface area contributed by atoms with Crippen LogP contribution >= 0.6 is 15.9 Å². The molecule has 0 aromatic carbocycles. The number of halogens is 1. The van der Waals surface area contributed by atoms with Crippen LogP contribution in [-0.4, -0.2) is 9.97 Å². The minimum absolute atomic E-state index is 0.343. The van der Waals surface area contributed by atoms with E-state index in [1.54, 1.807) is 24.3 Å². The number of nitrogens with two attached hydrogens (primary N) is 2. The van der Waals surface area contributed by atoms with Crippen LogP contribution in [-0.2, 0) is 0 Å². The monoisotopic (exact) mass is 291 g/mol. The van der Waals surface area contributed by atoms with Gasteiger partial charge in [0.15, 0.2) is 0 Å². The fourth-order valence-corrected chi connectivity index (χ4v) is 1.28. The molecular weight excluding hydrogens is 282 g/mol. The zero-order valence-electron chi connectivity index (χ0n) is 8.84. The molecule has 0 atom stereocenters. The standard InChI is InChI=1S/C6H5N3.C5H5BrN2/c1-8-6-4-2-3-5(7)9-6;6-4-2-1-3-5(7)8-4/h2-4H,(H2,7,9);1-3H,(H2,7,8). The molecule has 0 spiro atoms. The maximum Gasteiger partial charge on any atom is 0.271 e. The average molecular weight is 292 g/mol. The molecule has 0 aliphatic heterocycles. The molecule has 0 amide bonds. The van der Waals surface area contributed by atoms with E-state index >= 15 is 0 Å². The van der Waals surface area contributed by atoms with Crippen LogP contribution in [0, 0.1) is 6.57 Å². The lowest BCUT2D eigenvalue weighted by Gasteiger charge is -1.88. The Hall–Kier alpha value is -2.13. The second-order valence-corrected chi connectivity index (χ2v) is 3.73. The SMILES string of the molecule is Nc1cccc(Br)n1.[C-]#[N+]c1cccc(N)n1. The Balaban J connectivity index is 0.000000171. The van der Waals surface area contributed by atoms with Gasteiger partial charge in [0.05, 0.1) is 0 Å². The molecular formula is C11H10BrN5. The molecule has 0 aliphatic rings. The normalized spacial score (nSPS) is 8.71. The Morgan fingerprint density at radius 3 is 1.94 bits per heavy atom. The number of nitrogens with zero attached hydrogens (tertiary/aromatic N) is 3. The summed E-state index contributed by atoms with van der Waals surface area (Å²) in [7, 11) is 0. The summed E-state index contributed by atoms with van der Waals surface area (Å²) >= 11 is 3.17. The Morgan fingerprint density at radius 2 is 1.59 bits per heavy atom. The predicted octanol–water partition coefficient (Wildman–Crippen LogP) is 2.64. The lowest BCUT2D eigenvalue weighted by atomic mass is 10.4. The van der Waals surface area contributed by atoms with Crippen LogP contribution in [0.15, 0.2) is 41.0 Å². The number of nitrogen functional groups attached to an aromatic ring is 2. The van der Waals surface area contributed by atoms with E-state index in [1.807, 2.05) is 12.1 Å². The van der Waals surface area contributed by atoms with Gasteiger partial charge in [-0.25, -0.2) is 4.98 Å². The summed E-state index contributed by atoms with van der Waals surface area (Å²) in [6.45, 7) is 6.55. The first kappa shape index (κ1) is 12.9. The zero-order chi connectivity index (χ0) is 12.7. The second kappa shape index (κ2) is 6.45. The Kier molecular flexibility index (Phi) is 4.91. The summed E-state index contributed by atoms with van der Waals surface area (Å²) in [4.78, 5) is 10.7. The van der Waals surface area contributed by atoms with Crippen molar-refractivity contribution in [2.75, 3.05) is 11.5 Å². The topological polar surface area (TPSA) is 82.2 Å². The fraction of sp³-hybridized carbons (Fsp3) is 0. The summed E-state index contributed by atoms with van der Waals surface area (Å²) in [6, 6.07) is 10.4. The van der Waals surface area contributed by atoms with E-state index in [9.17, 15) is 0 Å². The minimum atomic E-state index is 0.343. The Morgan fingerprint density at radius 1 is 1.00 bits per heavy atom. The Labute approximate surface area is 107 Å². The summed E-state index contributed by atoms with van der Waals surface area (Å²) in [5, 5.41) is 0. The molecule has 6 heteroatoms. The van der Waals surface area contributed by atoms with Crippen molar-refractivity contribution in [3.05, 3.63) is 52.4 Å². The third kappa shape index (κ3) is 4.95. The molecule has 2 aromatic rings. The van der Waals surface area contributed by atoms with Crippen molar-refractivity contribution in [2.45, 2.75) is 0 Å². The molecule has 0 saturated carbocycles. The van der Waals surface area contributed by atoms with Gasteiger partial charge in [-0.1, -0.05) is 18.7 Å². The van der Waals surface area contributed by atoms with Gasteiger partial charge >= 0.3 is 0 Å². The highest BCUT2D eigenvalue weighted by atomic mass is 79.9. The first-order valence-corrected chi connectivity index (χ1v) is 5.39. The van der Waals surface area contributed by atoms with Gasteiger partial charge in [0.1, 0.15) is 10.4 Å². The third-order valence-corrected chi connectivity index (χ3v) is 2.05. The van der Waals surface area contributed by atoms with Gasteiger partial charge < -0.3 is 16.3 Å². The molecule has 2 rings (SSSR count). The van der Waals surface area contributed by atoms with Gasteiger partial charge in [-0.15, -0.1) is 4.98 Å². The van der Waals surface area contributed by atoms with E-state index in [-0.39, 0.29) is 0 Å². The van der Waals surface area contributed by atoms with Crippen molar-refractivity contribution in [3.63, 3.8) is 0 Å². The number of hydrogen-bond acceptors (Lipinski definition) is 4. The molecule has 86 valence electrons. The van der Waals surface area contributed by atoms with Crippen molar-refractivity contribution in [2.24, 2.45) is 0 Å². The molecule has 0 saturated heterocycles. The molecule has 2 aromatic heterocycles. The number of aromatic nitrogens is 2. The predicted molar refractivity (Wildman–Crippen MR) is 71.3 cm³/mol. The van der Waals surface area contributed by atoms with Crippen LogP contribution in [0.25, 0.3) is 4.85 Å². The van der Waals surface area contributed by atoms with Crippen LogP contribution in [0.4, 0.5) is 17.5 Å². The van der Waals surface area contributed by atoms with Gasteiger partial charge in [0.2, 0.25) is 5.82 Å². The van der Waals surface area contributed by atoms with Gasteiger partial charge in [0.25, 0.3) is 5.82 Å². The van der Waals surface area contributed by atoms with E-state index in [1.165, 1.54) is 0 Å². The van der Waals surface area contributed by atoms with E-state index in [4.69, 9.17) is 18.0 Å². The van der Waals surface area contributed by atoms with E-state index in [2.05, 4.69) is 30.7 Å². The molecule has 0 bridgehead atoms. The molecule has 0 fully saturated rings. The van der Waals surface area contributed by atoms with Crippen LogP contribution < -0.4 is 11.5 Å². The van der Waals surface area contributed by atoms with E-state index in [0.717, 1.165) is 4.60 Å². The molecule has 0 aliphatic carbocycles. The quantitative estimate of drug-likeness (QED) is 0.577. The molecule has 0 radical (unpaired) electrons. The number of anilines is 2. The summed E-state index contributed by atoms with van der Waals surface area (Å²) < 4.78 is 0.775. The van der Waals surface area contributed by atoms with Crippen molar-refractivity contribution < 1.29 is 0 Å². The largest absolute Gasteiger partial charge is 0.384 e. The third-order valence-electron chi connectivity index (χ3n) is 1.61. The smallest absolute Gasteiger partial charge is 0.271 e. The average Bonchev–Trinajstić information content (AvgIpc) is 2.29.